The lowest BCUT2D eigenvalue weighted by Gasteiger charge is -2.50. The zero-order valence-electron chi connectivity index (χ0n) is 41.2. The van der Waals surface area contributed by atoms with Crippen molar-refractivity contribution in [1.82, 2.24) is 4.57 Å². The van der Waals surface area contributed by atoms with Crippen molar-refractivity contribution in [3.05, 3.63) is 160 Å². The van der Waals surface area contributed by atoms with Gasteiger partial charge in [0, 0.05) is 44.9 Å². The van der Waals surface area contributed by atoms with Gasteiger partial charge in [0.25, 0.3) is 6.71 Å². The maximum Gasteiger partial charge on any atom is 0.251 e. The topological polar surface area (TPSA) is 11.4 Å². The second kappa shape index (κ2) is 14.6. The molecule has 3 nitrogen and oxygen atoms in total. The van der Waals surface area contributed by atoms with E-state index in [9.17, 15) is 0 Å². The minimum Gasteiger partial charge on any atom is -0.315 e. The Balaban J connectivity index is 1.35. The molecule has 5 aromatic rings. The molecular formula is C60H70BN3. The number of aromatic nitrogens is 1. The van der Waals surface area contributed by atoms with E-state index >= 15 is 0 Å². The molecule has 0 spiro atoms. The molecule has 3 unspecified atom stereocenters. The number of benzene rings is 4. The van der Waals surface area contributed by atoms with E-state index < -0.39 is 0 Å². The first-order valence-corrected chi connectivity index (χ1v) is 24.3. The predicted molar refractivity (Wildman–Crippen MR) is 277 cm³/mol. The van der Waals surface area contributed by atoms with E-state index in [0.717, 1.165) is 19.3 Å². The van der Waals surface area contributed by atoms with Crippen LogP contribution in [0.5, 0.6) is 0 Å². The summed E-state index contributed by atoms with van der Waals surface area (Å²) >= 11 is 0. The zero-order chi connectivity index (χ0) is 45.4. The monoisotopic (exact) mass is 844 g/mol. The number of rotatable bonds is 3. The highest BCUT2D eigenvalue weighted by Gasteiger charge is 2.49. The molecular weight excluding hydrogens is 773 g/mol. The first-order valence-electron chi connectivity index (χ1n) is 24.3. The lowest BCUT2D eigenvalue weighted by molar-refractivity contribution is 0.242. The highest BCUT2D eigenvalue weighted by atomic mass is 15.2. The van der Waals surface area contributed by atoms with E-state index in [2.05, 4.69) is 227 Å². The molecule has 3 aliphatic carbocycles. The van der Waals surface area contributed by atoms with Crippen LogP contribution in [0.2, 0.25) is 0 Å². The van der Waals surface area contributed by atoms with Gasteiger partial charge in [-0.25, -0.2) is 0 Å². The summed E-state index contributed by atoms with van der Waals surface area (Å²) in [5.74, 6) is 1.21. The molecule has 2 aliphatic heterocycles. The van der Waals surface area contributed by atoms with Crippen molar-refractivity contribution >= 4 is 51.0 Å². The van der Waals surface area contributed by atoms with Crippen LogP contribution in [-0.2, 0) is 5.41 Å². The smallest absolute Gasteiger partial charge is 0.251 e. The van der Waals surface area contributed by atoms with Crippen molar-refractivity contribution in [2.75, 3.05) is 9.80 Å². The number of allylic oxidation sites excluding steroid dienone is 11. The summed E-state index contributed by atoms with van der Waals surface area (Å²) in [5, 5.41) is 2.58. The number of nitrogens with zero attached hydrogens (tertiary/aromatic N) is 3. The first-order chi connectivity index (χ1) is 30.1. The summed E-state index contributed by atoms with van der Waals surface area (Å²) in [7, 11) is 0. The minimum absolute atomic E-state index is 0.0599. The molecule has 0 radical (unpaired) electrons. The Labute approximate surface area is 385 Å². The number of hydrogen-bond donors (Lipinski definition) is 0. The summed E-state index contributed by atoms with van der Waals surface area (Å²) in [6.07, 6.45) is 16.1. The Morgan fingerprint density at radius 1 is 0.609 bits per heavy atom. The second-order valence-electron chi connectivity index (χ2n) is 24.0. The molecule has 3 atom stereocenters. The van der Waals surface area contributed by atoms with E-state index in [1.165, 1.54) is 89.2 Å². The van der Waals surface area contributed by atoms with Crippen LogP contribution in [0.15, 0.2) is 154 Å². The molecule has 0 bridgehead atoms. The Morgan fingerprint density at radius 3 is 1.78 bits per heavy atom. The van der Waals surface area contributed by atoms with Gasteiger partial charge in [-0.3, -0.25) is 0 Å². The Morgan fingerprint density at radius 2 is 1.22 bits per heavy atom. The van der Waals surface area contributed by atoms with Crippen molar-refractivity contribution in [1.29, 1.82) is 0 Å². The molecule has 3 heterocycles. The fraction of sp³-hybridized carbons (Fsp3) is 0.400. The van der Waals surface area contributed by atoms with Crippen LogP contribution in [0.4, 0.5) is 17.1 Å². The van der Waals surface area contributed by atoms with Crippen LogP contribution in [0.25, 0.3) is 27.5 Å². The number of fused-ring (bicyclic) bond motifs is 6. The maximum atomic E-state index is 2.74. The number of hydrogen-bond acceptors (Lipinski definition) is 2. The lowest BCUT2D eigenvalue weighted by atomic mass is 9.30. The van der Waals surface area contributed by atoms with Gasteiger partial charge in [-0.05, 0) is 123 Å². The van der Waals surface area contributed by atoms with Gasteiger partial charge >= 0.3 is 0 Å². The summed E-state index contributed by atoms with van der Waals surface area (Å²) in [6.45, 7) is 33.7. The Hall–Kier alpha value is -5.22. The predicted octanol–water partition coefficient (Wildman–Crippen LogP) is 15.9. The molecule has 64 heavy (non-hydrogen) atoms. The van der Waals surface area contributed by atoms with Gasteiger partial charge in [-0.15, -0.1) is 0 Å². The normalized spacial score (nSPS) is 21.6. The molecule has 4 heteroatoms. The second-order valence-corrected chi connectivity index (χ2v) is 24.0. The van der Waals surface area contributed by atoms with Crippen molar-refractivity contribution in [3.63, 3.8) is 0 Å². The van der Waals surface area contributed by atoms with Crippen molar-refractivity contribution in [2.24, 2.45) is 34.0 Å². The third-order valence-electron chi connectivity index (χ3n) is 15.4. The van der Waals surface area contributed by atoms with E-state index in [1.807, 2.05) is 0 Å². The van der Waals surface area contributed by atoms with Crippen molar-refractivity contribution in [3.8, 4) is 5.69 Å². The molecule has 0 amide bonds. The SMILES string of the molecule is CC1CC(N2C3=CC(C)C(C(C)(C)C)C=C3B3C4=C(CCC(C(C)(C)C)=C4)N(c4ccc(C(C)(C)C)cc4)c4cc(-n5c6ccccc6c6ccccc65)cc2c43)=CC=C1C(C)(C)C. The lowest BCUT2D eigenvalue weighted by Crippen LogP contribution is -2.54. The van der Waals surface area contributed by atoms with Crippen molar-refractivity contribution < 1.29 is 0 Å². The van der Waals surface area contributed by atoms with Gasteiger partial charge in [0.2, 0.25) is 0 Å². The van der Waals surface area contributed by atoms with Gasteiger partial charge in [0.1, 0.15) is 0 Å². The number of anilines is 3. The van der Waals surface area contributed by atoms with E-state index in [-0.39, 0.29) is 28.4 Å². The molecule has 4 aromatic carbocycles. The van der Waals surface area contributed by atoms with E-state index in [1.54, 1.807) is 5.57 Å². The molecule has 5 aliphatic rings. The average molecular weight is 844 g/mol. The van der Waals surface area contributed by atoms with Crippen molar-refractivity contribution in [2.45, 2.75) is 122 Å². The minimum atomic E-state index is 0.0599. The fourth-order valence-corrected chi connectivity index (χ4v) is 12.3. The third kappa shape index (κ3) is 6.84. The van der Waals surface area contributed by atoms with Crippen LogP contribution in [0, 0.1) is 34.0 Å². The molecule has 0 fully saturated rings. The Bertz CT molecular complexity index is 2880. The van der Waals surface area contributed by atoms with Crippen LogP contribution >= 0.6 is 0 Å². The average Bonchev–Trinajstić information content (AvgIpc) is 3.56. The summed E-state index contributed by atoms with van der Waals surface area (Å²) in [4.78, 5) is 5.43. The van der Waals surface area contributed by atoms with Crippen LogP contribution < -0.4 is 15.3 Å². The Kier molecular flexibility index (Phi) is 9.78. The molecule has 328 valence electrons. The molecule has 0 N–H and O–H groups in total. The largest absolute Gasteiger partial charge is 0.315 e. The van der Waals surface area contributed by atoms with Gasteiger partial charge in [0.15, 0.2) is 0 Å². The third-order valence-corrected chi connectivity index (χ3v) is 15.4. The molecule has 0 saturated carbocycles. The molecule has 0 saturated heterocycles. The zero-order valence-corrected chi connectivity index (χ0v) is 41.2. The summed E-state index contributed by atoms with van der Waals surface area (Å²) in [6, 6.07) is 32.7. The highest BCUT2D eigenvalue weighted by molar-refractivity contribution is 6.91. The maximum absolute atomic E-state index is 2.74. The van der Waals surface area contributed by atoms with E-state index in [4.69, 9.17) is 0 Å². The fourth-order valence-electron chi connectivity index (χ4n) is 12.3. The van der Waals surface area contributed by atoms with Gasteiger partial charge < -0.3 is 14.4 Å². The first kappa shape index (κ1) is 42.7. The van der Waals surface area contributed by atoms with Gasteiger partial charge in [-0.2, -0.15) is 0 Å². The number of para-hydroxylation sites is 2. The van der Waals surface area contributed by atoms with Crippen LogP contribution in [-0.4, -0.2) is 11.3 Å². The van der Waals surface area contributed by atoms with Crippen LogP contribution in [0.1, 0.15) is 122 Å². The van der Waals surface area contributed by atoms with Crippen LogP contribution in [0.3, 0.4) is 0 Å². The quantitative estimate of drug-likeness (QED) is 0.168. The summed E-state index contributed by atoms with van der Waals surface area (Å²) < 4.78 is 2.55. The standard InChI is InChI=1S/C60H70BN3/c1-37-31-42(28-29-46(37)59(9,10)11)63-53-32-38(2)47(60(12,13)14)36-49(53)61-48-33-40(58(6,7)8)25-30-52(48)62(41-26-23-39(24-27-41)57(3,4)5)54-34-43(35-55(63)56(54)61)64-50-21-17-15-19-44(50)45-20-16-18-22-51(45)64/h15-24,26-29,32-38,47H,25,30-31H2,1-14H3. The summed E-state index contributed by atoms with van der Waals surface area (Å²) in [5.41, 5.74) is 20.9. The molecule has 10 rings (SSSR count). The van der Waals surface area contributed by atoms with Gasteiger partial charge in [0.05, 0.1) is 16.7 Å². The van der Waals surface area contributed by atoms with Gasteiger partial charge in [-0.1, -0.05) is 181 Å². The van der Waals surface area contributed by atoms with E-state index in [0.29, 0.717) is 17.8 Å². The molecule has 1 aromatic heterocycles. The highest BCUT2D eigenvalue weighted by Crippen LogP contribution is 2.54.